The molecule has 0 bridgehead atoms. The van der Waals surface area contributed by atoms with Crippen molar-refractivity contribution in [1.29, 1.82) is 0 Å². The maximum atomic E-state index is 5.12. The number of benzene rings is 4. The van der Waals surface area contributed by atoms with Crippen LogP contribution in [0.1, 0.15) is 0 Å². The van der Waals surface area contributed by atoms with Crippen LogP contribution in [-0.4, -0.2) is 18.7 Å². The molecular formula is C33H19N4Pt-3. The van der Waals surface area contributed by atoms with Gasteiger partial charge in [0.1, 0.15) is 11.6 Å². The van der Waals surface area contributed by atoms with Gasteiger partial charge in [-0.25, -0.2) is 4.98 Å². The van der Waals surface area contributed by atoms with E-state index in [0.717, 1.165) is 55.5 Å². The van der Waals surface area contributed by atoms with Crippen LogP contribution in [0.15, 0.2) is 115 Å². The van der Waals surface area contributed by atoms with Gasteiger partial charge in [-0.15, -0.1) is 28.3 Å². The predicted molar refractivity (Wildman–Crippen MR) is 149 cm³/mol. The standard InChI is InChI=1S/C33H19N4.Pt/c1-4-11-28-23(8-1)18-20-35(28)25-16-17-27-26-10-3-6-13-30(26)37(31(27)22-25)33-15-7-14-32(34-33)36-21-19-24-9-2-5-12-29(24)36;/h1-11,13-19,21H;/q-3;. The molecule has 5 heteroatoms. The van der Waals surface area contributed by atoms with Gasteiger partial charge in [0.05, 0.1) is 0 Å². The minimum absolute atomic E-state index is 0. The van der Waals surface area contributed by atoms with Gasteiger partial charge in [-0.05, 0) is 29.8 Å². The summed E-state index contributed by atoms with van der Waals surface area (Å²) >= 11 is 0. The van der Waals surface area contributed by atoms with Crippen LogP contribution in [0.5, 0.6) is 0 Å². The first-order valence-corrected chi connectivity index (χ1v) is 12.2. The Morgan fingerprint density at radius 3 is 2.39 bits per heavy atom. The zero-order valence-corrected chi connectivity index (χ0v) is 22.3. The van der Waals surface area contributed by atoms with Gasteiger partial charge in [0.15, 0.2) is 0 Å². The van der Waals surface area contributed by atoms with E-state index in [1.807, 2.05) is 24.3 Å². The molecule has 8 aromatic rings. The number of hydrogen-bond donors (Lipinski definition) is 0. The molecule has 0 spiro atoms. The second-order valence-corrected chi connectivity index (χ2v) is 9.14. The minimum Gasteiger partial charge on any atom is -0.465 e. The van der Waals surface area contributed by atoms with E-state index in [2.05, 4.69) is 123 Å². The quantitative estimate of drug-likeness (QED) is 0.180. The SMILES string of the molecule is [Pt].[c-]1cccc2ccn(-c3cccc(-n4c5[c-]c(-n6[c-]cc7ccccc76)ccc5c5ccccc54)n3)c12. The molecule has 4 nitrogen and oxygen atoms in total. The number of nitrogens with zero attached hydrogens (tertiary/aromatic N) is 4. The number of fused-ring (bicyclic) bond motifs is 5. The Bertz CT molecular complexity index is 2110. The van der Waals surface area contributed by atoms with E-state index >= 15 is 0 Å². The summed E-state index contributed by atoms with van der Waals surface area (Å²) in [6, 6.07) is 44.5. The van der Waals surface area contributed by atoms with E-state index in [1.165, 1.54) is 5.39 Å². The Kier molecular flexibility index (Phi) is 5.31. The smallest absolute Gasteiger partial charge is 0.138 e. The molecule has 4 aromatic carbocycles. The zero-order chi connectivity index (χ0) is 24.3. The summed E-state index contributed by atoms with van der Waals surface area (Å²) in [7, 11) is 0. The fourth-order valence-corrected chi connectivity index (χ4v) is 5.34. The number of para-hydroxylation sites is 3. The van der Waals surface area contributed by atoms with Crippen molar-refractivity contribution in [2.45, 2.75) is 0 Å². The van der Waals surface area contributed by atoms with Gasteiger partial charge in [-0.3, -0.25) is 0 Å². The maximum Gasteiger partial charge on any atom is 0.138 e. The summed E-state index contributed by atoms with van der Waals surface area (Å²) in [6.45, 7) is 0. The Morgan fingerprint density at radius 2 is 1.45 bits per heavy atom. The molecule has 0 saturated heterocycles. The van der Waals surface area contributed by atoms with Crippen LogP contribution in [0, 0.1) is 18.3 Å². The fraction of sp³-hybridized carbons (Fsp3) is 0. The van der Waals surface area contributed by atoms with Crippen molar-refractivity contribution in [3.05, 3.63) is 134 Å². The number of aromatic nitrogens is 4. The van der Waals surface area contributed by atoms with Crippen molar-refractivity contribution < 1.29 is 21.1 Å². The fourth-order valence-electron chi connectivity index (χ4n) is 5.34. The third-order valence-corrected chi connectivity index (χ3v) is 7.04. The molecule has 0 unspecified atom stereocenters. The van der Waals surface area contributed by atoms with Gasteiger partial charge < -0.3 is 13.7 Å². The van der Waals surface area contributed by atoms with Crippen molar-refractivity contribution in [3.63, 3.8) is 0 Å². The Morgan fingerprint density at radius 1 is 0.632 bits per heavy atom. The second-order valence-electron chi connectivity index (χ2n) is 9.14. The Hall–Kier alpha value is -4.40. The Labute approximate surface area is 233 Å². The van der Waals surface area contributed by atoms with Crippen LogP contribution in [0.2, 0.25) is 0 Å². The molecule has 38 heavy (non-hydrogen) atoms. The number of rotatable bonds is 3. The summed E-state index contributed by atoms with van der Waals surface area (Å²) in [5, 5.41) is 4.61. The molecule has 0 atom stereocenters. The van der Waals surface area contributed by atoms with Gasteiger partial charge >= 0.3 is 0 Å². The van der Waals surface area contributed by atoms with Gasteiger partial charge in [0.2, 0.25) is 0 Å². The molecule has 4 aromatic heterocycles. The Balaban J connectivity index is 0.00000242. The van der Waals surface area contributed by atoms with E-state index in [1.54, 1.807) is 0 Å². The monoisotopic (exact) mass is 666 g/mol. The second kappa shape index (κ2) is 8.86. The molecule has 0 fully saturated rings. The molecular weight excluding hydrogens is 647 g/mol. The molecule has 8 rings (SSSR count). The van der Waals surface area contributed by atoms with Gasteiger partial charge in [0.25, 0.3) is 0 Å². The third kappa shape index (κ3) is 3.38. The van der Waals surface area contributed by atoms with Crippen molar-refractivity contribution in [1.82, 2.24) is 18.7 Å². The zero-order valence-electron chi connectivity index (χ0n) is 20.1. The molecule has 0 aliphatic rings. The van der Waals surface area contributed by atoms with E-state index in [4.69, 9.17) is 4.98 Å². The minimum atomic E-state index is 0. The molecule has 0 saturated carbocycles. The molecule has 0 N–H and O–H groups in total. The molecule has 4 heterocycles. The van der Waals surface area contributed by atoms with Crippen molar-refractivity contribution in [2.75, 3.05) is 0 Å². The maximum absolute atomic E-state index is 5.12. The molecule has 184 valence electrons. The van der Waals surface area contributed by atoms with E-state index < -0.39 is 0 Å². The first-order chi connectivity index (χ1) is 18.3. The van der Waals surface area contributed by atoms with E-state index in [0.29, 0.717) is 0 Å². The molecule has 0 amide bonds. The normalized spacial score (nSPS) is 11.5. The van der Waals surface area contributed by atoms with Gasteiger partial charge in [-0.2, -0.15) is 48.2 Å². The molecule has 0 aliphatic heterocycles. The largest absolute Gasteiger partial charge is 0.465 e. The average Bonchev–Trinajstić information content (AvgIpc) is 3.66. The van der Waals surface area contributed by atoms with Crippen LogP contribution in [-0.2, 0) is 21.1 Å². The summed E-state index contributed by atoms with van der Waals surface area (Å²) < 4.78 is 6.37. The van der Waals surface area contributed by atoms with Crippen LogP contribution in [0.4, 0.5) is 0 Å². The first kappa shape index (κ1) is 22.8. The average molecular weight is 667 g/mol. The van der Waals surface area contributed by atoms with Crippen LogP contribution in [0.25, 0.3) is 60.9 Å². The van der Waals surface area contributed by atoms with E-state index in [-0.39, 0.29) is 21.1 Å². The summed E-state index contributed by atoms with van der Waals surface area (Å²) in [5.74, 6) is 1.69. The number of pyridine rings is 1. The van der Waals surface area contributed by atoms with Crippen molar-refractivity contribution in [2.24, 2.45) is 0 Å². The third-order valence-electron chi connectivity index (χ3n) is 7.04. The number of hydrogen-bond acceptors (Lipinski definition) is 1. The van der Waals surface area contributed by atoms with Gasteiger partial charge in [0, 0.05) is 26.6 Å². The summed E-state index contributed by atoms with van der Waals surface area (Å²) in [6.07, 6.45) is 5.44. The topological polar surface area (TPSA) is 27.7 Å². The summed E-state index contributed by atoms with van der Waals surface area (Å²) in [5.41, 5.74) is 5.15. The van der Waals surface area contributed by atoms with Crippen molar-refractivity contribution in [3.8, 4) is 17.3 Å². The first-order valence-electron chi connectivity index (χ1n) is 12.2. The van der Waals surface area contributed by atoms with Crippen LogP contribution < -0.4 is 0 Å². The van der Waals surface area contributed by atoms with Crippen LogP contribution >= 0.6 is 0 Å². The van der Waals surface area contributed by atoms with Crippen molar-refractivity contribution >= 4 is 43.6 Å². The van der Waals surface area contributed by atoms with Gasteiger partial charge in [-0.1, -0.05) is 71.3 Å². The van der Waals surface area contributed by atoms with E-state index in [9.17, 15) is 0 Å². The van der Waals surface area contributed by atoms with Crippen LogP contribution in [0.3, 0.4) is 0 Å². The molecule has 0 radical (unpaired) electrons. The predicted octanol–water partition coefficient (Wildman–Crippen LogP) is 7.46. The summed E-state index contributed by atoms with van der Waals surface area (Å²) in [4.78, 5) is 5.12. The molecule has 0 aliphatic carbocycles.